The second-order valence-corrected chi connectivity index (χ2v) is 8.18. The van der Waals surface area contributed by atoms with Crippen molar-refractivity contribution in [3.8, 4) is 5.75 Å². The average Bonchev–Trinajstić information content (AvgIpc) is 2.93. The zero-order valence-electron chi connectivity index (χ0n) is 17.4. The summed E-state index contributed by atoms with van der Waals surface area (Å²) >= 11 is 0. The Morgan fingerprint density at radius 3 is 2.69 bits per heavy atom. The topological polar surface area (TPSA) is 42.0 Å². The molecule has 29 heavy (non-hydrogen) atoms. The van der Waals surface area contributed by atoms with Crippen LogP contribution in [0, 0.1) is 6.92 Å². The summed E-state index contributed by atoms with van der Waals surface area (Å²) < 4.78 is 11.8. The summed E-state index contributed by atoms with van der Waals surface area (Å²) in [6, 6.07) is 16.3. The molecule has 2 fully saturated rings. The van der Waals surface area contributed by atoms with Gasteiger partial charge in [-0.1, -0.05) is 36.4 Å². The number of hydrogen-bond acceptors (Lipinski definition) is 4. The first-order valence-corrected chi connectivity index (χ1v) is 10.4. The van der Waals surface area contributed by atoms with Gasteiger partial charge in [-0.2, -0.15) is 0 Å². The van der Waals surface area contributed by atoms with Crippen LogP contribution in [0.3, 0.4) is 0 Å². The van der Waals surface area contributed by atoms with Crippen LogP contribution < -0.4 is 9.64 Å². The highest BCUT2D eigenvalue weighted by Crippen LogP contribution is 2.34. The molecule has 4 rings (SSSR count). The van der Waals surface area contributed by atoms with Crippen molar-refractivity contribution in [2.75, 3.05) is 38.3 Å². The fourth-order valence-corrected chi connectivity index (χ4v) is 4.61. The molecule has 2 aromatic carbocycles. The van der Waals surface area contributed by atoms with E-state index in [0.29, 0.717) is 6.54 Å². The highest BCUT2D eigenvalue weighted by molar-refractivity contribution is 5.95. The normalized spacial score (nSPS) is 23.2. The lowest BCUT2D eigenvalue weighted by atomic mass is 9.92. The molecule has 2 saturated heterocycles. The molecule has 1 atom stereocenters. The highest BCUT2D eigenvalue weighted by Gasteiger charge is 2.41. The van der Waals surface area contributed by atoms with E-state index in [1.54, 1.807) is 7.11 Å². The number of carbonyl (C=O) groups is 1. The number of ether oxygens (including phenoxy) is 2. The van der Waals surface area contributed by atoms with Gasteiger partial charge in [0.2, 0.25) is 0 Å². The van der Waals surface area contributed by atoms with E-state index >= 15 is 0 Å². The van der Waals surface area contributed by atoms with Gasteiger partial charge in [-0.15, -0.1) is 0 Å². The Bertz CT molecular complexity index is 854. The number of amides is 1. The fourth-order valence-electron chi connectivity index (χ4n) is 4.61. The molecular formula is C24H30N2O3. The Morgan fingerprint density at radius 2 is 1.90 bits per heavy atom. The predicted molar refractivity (Wildman–Crippen MR) is 114 cm³/mol. The summed E-state index contributed by atoms with van der Waals surface area (Å²) in [6.45, 7) is 5.75. The van der Waals surface area contributed by atoms with Gasteiger partial charge in [0.25, 0.3) is 5.91 Å². The molecule has 2 aromatic rings. The molecule has 1 unspecified atom stereocenters. The van der Waals surface area contributed by atoms with Crippen LogP contribution in [0.2, 0.25) is 0 Å². The molecule has 1 spiro atoms. The number of rotatable bonds is 4. The Morgan fingerprint density at radius 1 is 1.07 bits per heavy atom. The first-order valence-electron chi connectivity index (χ1n) is 10.4. The molecule has 2 aliphatic heterocycles. The van der Waals surface area contributed by atoms with E-state index in [1.165, 1.54) is 11.1 Å². The fraction of sp³-hybridized carbons (Fsp3) is 0.458. The van der Waals surface area contributed by atoms with Gasteiger partial charge in [0.15, 0.2) is 0 Å². The Labute approximate surface area is 173 Å². The summed E-state index contributed by atoms with van der Waals surface area (Å²) in [7, 11) is 1.74. The molecule has 0 saturated carbocycles. The van der Waals surface area contributed by atoms with Gasteiger partial charge < -0.3 is 14.4 Å². The van der Waals surface area contributed by atoms with Crippen LogP contribution in [0.1, 0.15) is 30.4 Å². The average molecular weight is 395 g/mol. The number of aryl methyl sites for hydroxylation is 1. The highest BCUT2D eigenvalue weighted by atomic mass is 16.5. The van der Waals surface area contributed by atoms with E-state index in [4.69, 9.17) is 9.47 Å². The number of likely N-dealkylation sites (tertiary alicyclic amines) is 1. The lowest BCUT2D eigenvalue weighted by Gasteiger charge is -2.42. The van der Waals surface area contributed by atoms with Crippen molar-refractivity contribution >= 4 is 11.6 Å². The number of anilines is 1. The Balaban J connectivity index is 1.46. The van der Waals surface area contributed by atoms with Gasteiger partial charge in [-0.3, -0.25) is 9.69 Å². The SMILES string of the molecule is COc1c(C)cccc1CN1CCCC2(CC1)CN(c1ccccc1)C(=O)CO2. The summed E-state index contributed by atoms with van der Waals surface area (Å²) in [5.41, 5.74) is 3.11. The molecule has 0 bridgehead atoms. The maximum atomic E-state index is 12.5. The van der Waals surface area contributed by atoms with Gasteiger partial charge in [0.1, 0.15) is 12.4 Å². The van der Waals surface area contributed by atoms with E-state index in [0.717, 1.165) is 50.3 Å². The molecule has 0 aliphatic carbocycles. The second-order valence-electron chi connectivity index (χ2n) is 8.18. The molecule has 1 amide bonds. The van der Waals surface area contributed by atoms with Crippen LogP contribution in [-0.4, -0.2) is 49.8 Å². The monoisotopic (exact) mass is 394 g/mol. The summed E-state index contributed by atoms with van der Waals surface area (Å²) in [4.78, 5) is 16.9. The van der Waals surface area contributed by atoms with Crippen molar-refractivity contribution in [2.24, 2.45) is 0 Å². The summed E-state index contributed by atoms with van der Waals surface area (Å²) in [6.07, 6.45) is 2.97. The lowest BCUT2D eigenvalue weighted by Crippen LogP contribution is -2.55. The number of benzene rings is 2. The van der Waals surface area contributed by atoms with Crippen LogP contribution in [0.4, 0.5) is 5.69 Å². The smallest absolute Gasteiger partial charge is 0.253 e. The van der Waals surface area contributed by atoms with E-state index in [2.05, 4.69) is 30.0 Å². The first-order chi connectivity index (χ1) is 14.1. The standard InChI is InChI=1S/C24H30N2O3/c1-19-8-6-9-20(23(19)28-2)16-25-14-7-12-24(13-15-25)18-26(22(27)17-29-24)21-10-4-3-5-11-21/h3-6,8-11H,7,12-18H2,1-2H3. The van der Waals surface area contributed by atoms with E-state index in [9.17, 15) is 4.79 Å². The maximum absolute atomic E-state index is 12.5. The largest absolute Gasteiger partial charge is 0.496 e. The number of methoxy groups -OCH3 is 1. The van der Waals surface area contributed by atoms with Gasteiger partial charge in [-0.25, -0.2) is 0 Å². The van der Waals surface area contributed by atoms with Crippen LogP contribution in [0.15, 0.2) is 48.5 Å². The minimum Gasteiger partial charge on any atom is -0.496 e. The number of para-hydroxylation sites is 2. The van der Waals surface area contributed by atoms with Crippen molar-refractivity contribution in [1.82, 2.24) is 4.90 Å². The van der Waals surface area contributed by atoms with E-state index in [1.807, 2.05) is 35.2 Å². The summed E-state index contributed by atoms with van der Waals surface area (Å²) in [5.74, 6) is 1.04. The van der Waals surface area contributed by atoms with Gasteiger partial charge >= 0.3 is 0 Å². The molecule has 2 heterocycles. The molecule has 0 radical (unpaired) electrons. The molecule has 0 N–H and O–H groups in total. The predicted octanol–water partition coefficient (Wildman–Crippen LogP) is 3.79. The number of hydrogen-bond donors (Lipinski definition) is 0. The van der Waals surface area contributed by atoms with E-state index in [-0.39, 0.29) is 18.1 Å². The minimum absolute atomic E-state index is 0.0485. The lowest BCUT2D eigenvalue weighted by molar-refractivity contribution is -0.140. The van der Waals surface area contributed by atoms with Crippen LogP contribution in [0.25, 0.3) is 0 Å². The third-order valence-electron chi connectivity index (χ3n) is 6.20. The van der Waals surface area contributed by atoms with Crippen molar-refractivity contribution in [2.45, 2.75) is 38.3 Å². The molecule has 154 valence electrons. The molecule has 2 aliphatic rings. The van der Waals surface area contributed by atoms with Crippen molar-refractivity contribution in [3.63, 3.8) is 0 Å². The zero-order chi connectivity index (χ0) is 20.3. The van der Waals surface area contributed by atoms with E-state index < -0.39 is 0 Å². The van der Waals surface area contributed by atoms with Crippen molar-refractivity contribution in [1.29, 1.82) is 0 Å². The zero-order valence-corrected chi connectivity index (χ0v) is 17.4. The third-order valence-corrected chi connectivity index (χ3v) is 6.20. The minimum atomic E-state index is -0.255. The van der Waals surface area contributed by atoms with Gasteiger partial charge in [0, 0.05) is 24.3 Å². The molecule has 5 heteroatoms. The maximum Gasteiger partial charge on any atom is 0.253 e. The Hall–Kier alpha value is -2.37. The van der Waals surface area contributed by atoms with Crippen LogP contribution >= 0.6 is 0 Å². The molecule has 0 aromatic heterocycles. The number of carbonyl (C=O) groups excluding carboxylic acids is 1. The summed E-state index contributed by atoms with van der Waals surface area (Å²) in [5, 5.41) is 0. The number of nitrogens with zero attached hydrogens (tertiary/aromatic N) is 2. The van der Waals surface area contributed by atoms with Gasteiger partial charge in [-0.05, 0) is 50.4 Å². The molecular weight excluding hydrogens is 364 g/mol. The van der Waals surface area contributed by atoms with Crippen molar-refractivity contribution < 1.29 is 14.3 Å². The third kappa shape index (κ3) is 4.31. The second kappa shape index (κ2) is 8.56. The van der Waals surface area contributed by atoms with Gasteiger partial charge in [0.05, 0.1) is 19.3 Å². The first kappa shape index (κ1) is 19.9. The molecule has 5 nitrogen and oxygen atoms in total. The van der Waals surface area contributed by atoms with Crippen LogP contribution in [-0.2, 0) is 16.1 Å². The van der Waals surface area contributed by atoms with Crippen molar-refractivity contribution in [3.05, 3.63) is 59.7 Å². The Kier molecular flexibility index (Phi) is 5.88. The quantitative estimate of drug-likeness (QED) is 0.791. The number of morpholine rings is 1. The van der Waals surface area contributed by atoms with Crippen LogP contribution in [0.5, 0.6) is 5.75 Å².